The van der Waals surface area contributed by atoms with Gasteiger partial charge in [-0.05, 0) is 12.1 Å². The zero-order valence-corrected chi connectivity index (χ0v) is 14.3. The number of benzene rings is 1. The van der Waals surface area contributed by atoms with Crippen LogP contribution in [-0.4, -0.2) is 50.5 Å². The molecule has 0 aliphatic carbocycles. The number of allylic oxidation sites excluding steroid dienone is 1. The number of sulfone groups is 1. The highest BCUT2D eigenvalue weighted by atomic mass is 32.2. The fourth-order valence-corrected chi connectivity index (χ4v) is 4.46. The first kappa shape index (κ1) is 17.2. The van der Waals surface area contributed by atoms with Gasteiger partial charge in [-0.25, -0.2) is 8.42 Å². The minimum absolute atomic E-state index is 0.0534. The molecular weight excluding hydrogens is 342 g/mol. The number of nitrogens with zero attached hydrogens (tertiary/aromatic N) is 3. The third kappa shape index (κ3) is 3.72. The topological polar surface area (TPSA) is 98.5 Å². The second-order valence-electron chi connectivity index (χ2n) is 6.11. The van der Waals surface area contributed by atoms with Crippen molar-refractivity contribution in [1.29, 1.82) is 5.26 Å². The number of piperazine rings is 1. The molecule has 2 aliphatic rings. The van der Waals surface area contributed by atoms with Crippen molar-refractivity contribution in [2.75, 3.05) is 30.3 Å². The predicted octanol–water partition coefficient (Wildman–Crippen LogP) is 0.682. The first-order valence-corrected chi connectivity index (χ1v) is 9.59. The van der Waals surface area contributed by atoms with E-state index in [2.05, 4.69) is 6.07 Å². The van der Waals surface area contributed by atoms with Crippen molar-refractivity contribution in [2.24, 2.45) is 5.92 Å². The highest BCUT2D eigenvalue weighted by molar-refractivity contribution is 7.94. The molecule has 1 aromatic rings. The number of anilines is 1. The molecule has 0 bridgehead atoms. The van der Waals surface area contributed by atoms with Crippen LogP contribution in [0, 0.1) is 17.2 Å². The largest absolute Gasteiger partial charge is 0.332 e. The van der Waals surface area contributed by atoms with Gasteiger partial charge < -0.3 is 9.80 Å². The molecule has 0 spiro atoms. The lowest BCUT2D eigenvalue weighted by Crippen LogP contribution is -2.52. The maximum absolute atomic E-state index is 12.4. The zero-order chi connectivity index (χ0) is 18.0. The SMILES string of the molecule is N#Cc1ccccc1N1CCN(C(=O)C[C@@H]2C=CS(=O)(=O)C2)CC1=O. The first-order valence-electron chi connectivity index (χ1n) is 7.88. The van der Waals surface area contributed by atoms with Crippen LogP contribution in [0.25, 0.3) is 0 Å². The number of nitriles is 1. The van der Waals surface area contributed by atoms with Gasteiger partial charge in [-0.15, -0.1) is 0 Å². The van der Waals surface area contributed by atoms with Crippen molar-refractivity contribution >= 4 is 27.3 Å². The van der Waals surface area contributed by atoms with Gasteiger partial charge in [0.25, 0.3) is 0 Å². The van der Waals surface area contributed by atoms with Crippen molar-refractivity contribution in [2.45, 2.75) is 6.42 Å². The Kier molecular flexibility index (Phi) is 4.59. The summed E-state index contributed by atoms with van der Waals surface area (Å²) in [6.07, 6.45) is 1.62. The van der Waals surface area contributed by atoms with Crippen LogP contribution < -0.4 is 4.90 Å². The van der Waals surface area contributed by atoms with E-state index in [0.717, 1.165) is 5.41 Å². The molecule has 3 rings (SSSR count). The van der Waals surface area contributed by atoms with Crippen molar-refractivity contribution < 1.29 is 18.0 Å². The lowest BCUT2D eigenvalue weighted by Gasteiger charge is -2.35. The molecule has 8 heteroatoms. The summed E-state index contributed by atoms with van der Waals surface area (Å²) in [5, 5.41) is 10.3. The van der Waals surface area contributed by atoms with E-state index in [9.17, 15) is 18.0 Å². The van der Waals surface area contributed by atoms with Gasteiger partial charge in [0.05, 0.1) is 17.0 Å². The Bertz CT molecular complexity index is 885. The third-order valence-corrected chi connectivity index (χ3v) is 5.79. The highest BCUT2D eigenvalue weighted by Gasteiger charge is 2.31. The number of rotatable bonds is 3. The molecular formula is C17H17N3O4S. The smallest absolute Gasteiger partial charge is 0.246 e. The van der Waals surface area contributed by atoms with Crippen LogP contribution in [-0.2, 0) is 19.4 Å². The second kappa shape index (κ2) is 6.69. The quantitative estimate of drug-likeness (QED) is 0.790. The van der Waals surface area contributed by atoms with Gasteiger partial charge in [-0.1, -0.05) is 18.2 Å². The maximum atomic E-state index is 12.4. The van der Waals surface area contributed by atoms with Crippen LogP contribution in [0.1, 0.15) is 12.0 Å². The third-order valence-electron chi connectivity index (χ3n) is 4.33. The fraction of sp³-hybridized carbons (Fsp3) is 0.353. The average molecular weight is 359 g/mol. The summed E-state index contributed by atoms with van der Waals surface area (Å²) in [6.45, 7) is 0.595. The van der Waals surface area contributed by atoms with Gasteiger partial charge >= 0.3 is 0 Å². The van der Waals surface area contributed by atoms with Gasteiger partial charge in [0, 0.05) is 30.8 Å². The van der Waals surface area contributed by atoms with Crippen LogP contribution in [0.5, 0.6) is 0 Å². The van der Waals surface area contributed by atoms with Crippen LogP contribution in [0.15, 0.2) is 35.7 Å². The summed E-state index contributed by atoms with van der Waals surface area (Å²) < 4.78 is 22.8. The first-order chi connectivity index (χ1) is 11.9. The molecule has 1 fully saturated rings. The standard InChI is InChI=1S/C17H17N3O4S/c18-10-14-3-1-2-4-15(14)20-7-6-19(11-17(20)22)16(21)9-13-5-8-25(23,24)12-13/h1-5,8,13H,6-7,9,11-12H2/t13-/m0/s1. The molecule has 2 amide bonds. The maximum Gasteiger partial charge on any atom is 0.246 e. The Morgan fingerprint density at radius 1 is 1.28 bits per heavy atom. The summed E-state index contributed by atoms with van der Waals surface area (Å²) in [5.41, 5.74) is 0.962. The van der Waals surface area contributed by atoms with Crippen molar-refractivity contribution in [3.8, 4) is 6.07 Å². The number of para-hydroxylation sites is 1. The zero-order valence-electron chi connectivity index (χ0n) is 13.5. The molecule has 2 aliphatic heterocycles. The number of hydrogen-bond acceptors (Lipinski definition) is 5. The van der Waals surface area contributed by atoms with Crippen molar-refractivity contribution in [3.05, 3.63) is 41.3 Å². The average Bonchev–Trinajstić information content (AvgIpc) is 2.93. The van der Waals surface area contributed by atoms with Crippen LogP contribution in [0.3, 0.4) is 0 Å². The predicted molar refractivity (Wildman–Crippen MR) is 91.1 cm³/mol. The molecule has 0 radical (unpaired) electrons. The van der Waals surface area contributed by atoms with Crippen LogP contribution in [0.4, 0.5) is 5.69 Å². The second-order valence-corrected chi connectivity index (χ2v) is 8.04. The van der Waals surface area contributed by atoms with Crippen molar-refractivity contribution in [1.82, 2.24) is 4.90 Å². The number of amides is 2. The molecule has 130 valence electrons. The summed E-state index contributed by atoms with van der Waals surface area (Å²) in [4.78, 5) is 27.7. The molecule has 0 saturated carbocycles. The highest BCUT2D eigenvalue weighted by Crippen LogP contribution is 2.23. The van der Waals surface area contributed by atoms with Gasteiger partial charge in [0.2, 0.25) is 11.8 Å². The Labute approximate surface area is 146 Å². The van der Waals surface area contributed by atoms with E-state index in [-0.39, 0.29) is 36.5 Å². The fourth-order valence-electron chi connectivity index (χ4n) is 3.07. The van der Waals surface area contributed by atoms with E-state index in [4.69, 9.17) is 5.26 Å². The molecule has 1 atom stereocenters. The molecule has 1 saturated heterocycles. The van der Waals surface area contributed by atoms with E-state index in [1.54, 1.807) is 24.3 Å². The Balaban J connectivity index is 1.64. The Morgan fingerprint density at radius 2 is 2.04 bits per heavy atom. The summed E-state index contributed by atoms with van der Waals surface area (Å²) in [7, 11) is -3.19. The van der Waals surface area contributed by atoms with E-state index in [1.165, 1.54) is 15.9 Å². The monoisotopic (exact) mass is 359 g/mol. The Morgan fingerprint density at radius 3 is 2.68 bits per heavy atom. The molecule has 0 N–H and O–H groups in total. The normalized spacial score (nSPS) is 22.0. The summed E-state index contributed by atoms with van der Waals surface area (Å²) in [6, 6.07) is 8.91. The molecule has 2 heterocycles. The number of hydrogen-bond donors (Lipinski definition) is 0. The molecule has 25 heavy (non-hydrogen) atoms. The summed E-state index contributed by atoms with van der Waals surface area (Å²) >= 11 is 0. The minimum Gasteiger partial charge on any atom is -0.332 e. The summed E-state index contributed by atoms with van der Waals surface area (Å²) in [5.74, 6) is -0.863. The number of carbonyl (C=O) groups excluding carboxylic acids is 2. The van der Waals surface area contributed by atoms with E-state index < -0.39 is 9.84 Å². The lowest BCUT2D eigenvalue weighted by atomic mass is 10.1. The Hall–Kier alpha value is -2.66. The molecule has 0 aromatic heterocycles. The van der Waals surface area contributed by atoms with Crippen LogP contribution >= 0.6 is 0 Å². The van der Waals surface area contributed by atoms with E-state index >= 15 is 0 Å². The minimum atomic E-state index is -3.19. The molecule has 7 nitrogen and oxygen atoms in total. The lowest BCUT2D eigenvalue weighted by molar-refractivity contribution is -0.137. The van der Waals surface area contributed by atoms with E-state index in [0.29, 0.717) is 24.3 Å². The van der Waals surface area contributed by atoms with Gasteiger partial charge in [-0.2, -0.15) is 5.26 Å². The number of carbonyl (C=O) groups is 2. The van der Waals surface area contributed by atoms with E-state index in [1.807, 2.05) is 0 Å². The van der Waals surface area contributed by atoms with Gasteiger partial charge in [-0.3, -0.25) is 9.59 Å². The van der Waals surface area contributed by atoms with Gasteiger partial charge in [0.1, 0.15) is 12.6 Å². The van der Waals surface area contributed by atoms with Crippen molar-refractivity contribution in [3.63, 3.8) is 0 Å². The van der Waals surface area contributed by atoms with Crippen LogP contribution in [0.2, 0.25) is 0 Å². The molecule has 0 unspecified atom stereocenters. The van der Waals surface area contributed by atoms with Gasteiger partial charge in [0.15, 0.2) is 9.84 Å². The molecule has 1 aromatic carbocycles.